The summed E-state index contributed by atoms with van der Waals surface area (Å²) in [6, 6.07) is 0.704. The molecule has 0 aromatic rings. The minimum atomic E-state index is -0.587. The summed E-state index contributed by atoms with van der Waals surface area (Å²) in [5.74, 6) is 0.443. The Morgan fingerprint density at radius 2 is 2.23 bits per heavy atom. The third-order valence-corrected chi connectivity index (χ3v) is 3.78. The number of nitrogens with one attached hydrogen (secondary N) is 1. The molecule has 2 nitrogen and oxygen atoms in total. The monoisotopic (exact) mass is 177 g/mol. The van der Waals surface area contributed by atoms with Gasteiger partial charge in [-0.3, -0.25) is 0 Å². The molecule has 4 unspecified atom stereocenters. The largest absolute Gasteiger partial charge is 0.383 e. The van der Waals surface area contributed by atoms with Crippen molar-refractivity contribution in [2.24, 2.45) is 5.92 Å². The molecule has 1 aliphatic heterocycles. The van der Waals surface area contributed by atoms with Gasteiger partial charge in [0.15, 0.2) is 0 Å². The number of aliphatic hydroxyl groups is 1. The van der Waals surface area contributed by atoms with Gasteiger partial charge >= 0.3 is 0 Å². The predicted molar refractivity (Wildman–Crippen MR) is 51.3 cm³/mol. The summed E-state index contributed by atoms with van der Waals surface area (Å²) in [6.45, 7) is 0. The van der Waals surface area contributed by atoms with Gasteiger partial charge in [-0.15, -0.1) is 0 Å². The number of hydrogen-bond acceptors (Lipinski definition) is 2. The van der Waals surface area contributed by atoms with Gasteiger partial charge in [0, 0.05) is 12.0 Å². The quantitative estimate of drug-likeness (QED) is 0.578. The van der Waals surface area contributed by atoms with E-state index in [9.17, 15) is 5.11 Å². The highest BCUT2D eigenvalue weighted by atomic mass is 16.3. The van der Waals surface area contributed by atoms with Gasteiger partial charge in [-0.05, 0) is 12.8 Å². The maximum Gasteiger partial charge on any atom is 0.106 e. The van der Waals surface area contributed by atoms with E-state index in [2.05, 4.69) is 11.4 Å². The Hall–Kier alpha value is -0.600. The van der Waals surface area contributed by atoms with Crippen LogP contribution in [0.2, 0.25) is 0 Å². The Kier molecular flexibility index (Phi) is 1.47. The molecule has 70 valence electrons. The zero-order valence-corrected chi connectivity index (χ0v) is 7.61. The molecule has 2 heteroatoms. The van der Waals surface area contributed by atoms with E-state index in [1.807, 2.05) is 18.2 Å². The summed E-state index contributed by atoms with van der Waals surface area (Å²) >= 11 is 0. The average molecular weight is 177 g/mol. The van der Waals surface area contributed by atoms with E-state index in [0.29, 0.717) is 12.0 Å². The van der Waals surface area contributed by atoms with Gasteiger partial charge < -0.3 is 10.4 Å². The third kappa shape index (κ3) is 0.903. The molecule has 1 heterocycles. The molecule has 2 N–H and O–H groups in total. The van der Waals surface area contributed by atoms with Crippen molar-refractivity contribution in [2.45, 2.75) is 36.9 Å². The first-order chi connectivity index (χ1) is 6.31. The van der Waals surface area contributed by atoms with Crippen molar-refractivity contribution in [3.63, 3.8) is 0 Å². The normalized spacial score (nSPS) is 52.2. The summed E-state index contributed by atoms with van der Waals surface area (Å²) in [4.78, 5) is 0. The molecule has 2 aliphatic carbocycles. The van der Waals surface area contributed by atoms with Crippen molar-refractivity contribution < 1.29 is 5.11 Å². The fraction of sp³-hybridized carbons (Fsp3) is 0.636. The van der Waals surface area contributed by atoms with Crippen molar-refractivity contribution in [1.29, 1.82) is 0 Å². The molecule has 1 saturated heterocycles. The second-order valence-electron chi connectivity index (χ2n) is 4.42. The highest BCUT2D eigenvalue weighted by molar-refractivity contribution is 5.31. The maximum absolute atomic E-state index is 10.5. The fourth-order valence-electron chi connectivity index (χ4n) is 3.13. The van der Waals surface area contributed by atoms with E-state index in [1.54, 1.807) is 0 Å². The molecular weight excluding hydrogens is 162 g/mol. The van der Waals surface area contributed by atoms with Gasteiger partial charge in [0.1, 0.15) is 5.60 Å². The standard InChI is InChI=1S/C11H15NO/c13-11-7-2-1-6-10(11)12-9-5-3-4-8(9)11/h1-2,6-10,12-13H,3-5H2. The van der Waals surface area contributed by atoms with E-state index in [-0.39, 0.29) is 6.04 Å². The first-order valence-electron chi connectivity index (χ1n) is 5.15. The maximum atomic E-state index is 10.5. The smallest absolute Gasteiger partial charge is 0.106 e. The minimum absolute atomic E-state index is 0.160. The summed E-state index contributed by atoms with van der Waals surface area (Å²) < 4.78 is 0. The fourth-order valence-corrected chi connectivity index (χ4v) is 3.13. The molecule has 0 aromatic heterocycles. The first kappa shape index (κ1) is 7.77. The van der Waals surface area contributed by atoms with Crippen molar-refractivity contribution in [3.8, 4) is 0 Å². The summed E-state index contributed by atoms with van der Waals surface area (Å²) in [5, 5.41) is 14.0. The lowest BCUT2D eigenvalue weighted by Crippen LogP contribution is -2.44. The van der Waals surface area contributed by atoms with Crippen LogP contribution in [0.3, 0.4) is 0 Å². The van der Waals surface area contributed by atoms with E-state index < -0.39 is 5.60 Å². The van der Waals surface area contributed by atoms with Crippen molar-refractivity contribution in [3.05, 3.63) is 24.3 Å². The van der Waals surface area contributed by atoms with E-state index in [0.717, 1.165) is 0 Å². The Labute approximate surface area is 78.3 Å². The van der Waals surface area contributed by atoms with Crippen LogP contribution in [0.4, 0.5) is 0 Å². The molecule has 0 spiro atoms. The second kappa shape index (κ2) is 2.46. The highest BCUT2D eigenvalue weighted by Gasteiger charge is 2.53. The molecule has 3 aliphatic rings. The average Bonchev–Trinajstić information content (AvgIpc) is 2.65. The summed E-state index contributed by atoms with van der Waals surface area (Å²) in [7, 11) is 0. The summed E-state index contributed by atoms with van der Waals surface area (Å²) in [5.41, 5.74) is -0.587. The van der Waals surface area contributed by atoms with Crippen LogP contribution in [0.1, 0.15) is 19.3 Å². The molecular formula is C11H15NO. The Bertz CT molecular complexity index is 284. The molecule has 2 fully saturated rings. The van der Waals surface area contributed by atoms with Gasteiger partial charge in [0.25, 0.3) is 0 Å². The number of fused-ring (bicyclic) bond motifs is 3. The summed E-state index contributed by atoms with van der Waals surface area (Å²) in [6.07, 6.45) is 11.7. The first-order valence-corrected chi connectivity index (χ1v) is 5.15. The Balaban J connectivity index is 1.99. The van der Waals surface area contributed by atoms with E-state index >= 15 is 0 Å². The minimum Gasteiger partial charge on any atom is -0.383 e. The molecule has 4 atom stereocenters. The van der Waals surface area contributed by atoms with Crippen molar-refractivity contribution in [1.82, 2.24) is 5.32 Å². The van der Waals surface area contributed by atoms with Gasteiger partial charge in [0.2, 0.25) is 0 Å². The molecule has 1 saturated carbocycles. The van der Waals surface area contributed by atoms with Crippen LogP contribution >= 0.6 is 0 Å². The van der Waals surface area contributed by atoms with E-state index in [4.69, 9.17) is 0 Å². The van der Waals surface area contributed by atoms with Crippen LogP contribution in [0, 0.1) is 5.92 Å². The zero-order valence-electron chi connectivity index (χ0n) is 7.61. The van der Waals surface area contributed by atoms with Gasteiger partial charge in [-0.25, -0.2) is 0 Å². The van der Waals surface area contributed by atoms with Crippen LogP contribution < -0.4 is 5.32 Å². The van der Waals surface area contributed by atoms with E-state index in [1.165, 1.54) is 19.3 Å². The van der Waals surface area contributed by atoms with Gasteiger partial charge in [-0.1, -0.05) is 30.7 Å². The number of rotatable bonds is 0. The van der Waals surface area contributed by atoms with Crippen LogP contribution in [-0.4, -0.2) is 22.8 Å². The lowest BCUT2D eigenvalue weighted by atomic mass is 9.81. The topological polar surface area (TPSA) is 32.3 Å². The van der Waals surface area contributed by atoms with Crippen LogP contribution in [-0.2, 0) is 0 Å². The molecule has 3 rings (SSSR count). The molecule has 0 bridgehead atoms. The van der Waals surface area contributed by atoms with Crippen molar-refractivity contribution in [2.75, 3.05) is 0 Å². The number of allylic oxidation sites excluding steroid dienone is 2. The van der Waals surface area contributed by atoms with Gasteiger partial charge in [0.05, 0.1) is 6.04 Å². The molecule has 0 radical (unpaired) electrons. The lowest BCUT2D eigenvalue weighted by Gasteiger charge is -2.31. The number of hydrogen-bond donors (Lipinski definition) is 2. The lowest BCUT2D eigenvalue weighted by molar-refractivity contribution is 0.0447. The molecule has 13 heavy (non-hydrogen) atoms. The van der Waals surface area contributed by atoms with Crippen LogP contribution in [0.25, 0.3) is 0 Å². The zero-order chi connectivity index (χ0) is 8.89. The van der Waals surface area contributed by atoms with Gasteiger partial charge in [-0.2, -0.15) is 0 Å². The van der Waals surface area contributed by atoms with Crippen molar-refractivity contribution >= 4 is 0 Å². The Morgan fingerprint density at radius 3 is 3.15 bits per heavy atom. The Morgan fingerprint density at radius 1 is 1.31 bits per heavy atom. The molecule has 0 aromatic carbocycles. The SMILES string of the molecule is OC12C=CC=CC1NC1CCCC12. The third-order valence-electron chi connectivity index (χ3n) is 3.78. The molecule has 0 amide bonds. The predicted octanol–water partition coefficient (Wildman–Crippen LogP) is 0.984. The highest BCUT2D eigenvalue weighted by Crippen LogP contribution is 2.44. The van der Waals surface area contributed by atoms with Crippen LogP contribution in [0.5, 0.6) is 0 Å². The second-order valence-corrected chi connectivity index (χ2v) is 4.42. The van der Waals surface area contributed by atoms with Crippen LogP contribution in [0.15, 0.2) is 24.3 Å².